The molecule has 2 heterocycles. The van der Waals surface area contributed by atoms with Crippen LogP contribution in [0.5, 0.6) is 0 Å². The first-order valence-electron chi connectivity index (χ1n) is 12.2. The molecule has 176 valence electrons. The highest BCUT2D eigenvalue weighted by molar-refractivity contribution is 6.12. The van der Waals surface area contributed by atoms with Crippen LogP contribution in [0.4, 0.5) is 5.69 Å². The standard InChI is InChI=1S/C17H19NO.C15H13N/c1-3-18(4-2)16-13-9-8-12-15(16)17(19)14-10-6-5-7-11-14;1-12-15(13-7-3-2-4-8-13)11-14-9-5-6-10-16(12)14/h5-13H,3-4H2,1-2H3;2-11H,1H3. The van der Waals surface area contributed by atoms with E-state index in [4.69, 9.17) is 0 Å². The fourth-order valence-corrected chi connectivity index (χ4v) is 4.42. The number of aromatic nitrogens is 1. The van der Waals surface area contributed by atoms with Crippen molar-refractivity contribution in [1.82, 2.24) is 4.40 Å². The molecule has 0 amide bonds. The Morgan fingerprint density at radius 1 is 0.743 bits per heavy atom. The van der Waals surface area contributed by atoms with E-state index in [0.717, 1.165) is 29.9 Å². The van der Waals surface area contributed by atoms with Gasteiger partial charge in [0.15, 0.2) is 5.78 Å². The van der Waals surface area contributed by atoms with Gasteiger partial charge in [-0.25, -0.2) is 0 Å². The van der Waals surface area contributed by atoms with E-state index < -0.39 is 0 Å². The Labute approximate surface area is 208 Å². The number of para-hydroxylation sites is 1. The minimum absolute atomic E-state index is 0.0862. The summed E-state index contributed by atoms with van der Waals surface area (Å²) in [5.74, 6) is 0.0862. The van der Waals surface area contributed by atoms with Crippen LogP contribution in [-0.4, -0.2) is 23.3 Å². The molecule has 0 fully saturated rings. The van der Waals surface area contributed by atoms with Crippen LogP contribution in [0.15, 0.2) is 115 Å². The lowest BCUT2D eigenvalue weighted by Crippen LogP contribution is -2.24. The summed E-state index contributed by atoms with van der Waals surface area (Å²) in [7, 11) is 0. The molecule has 0 aliphatic heterocycles. The van der Waals surface area contributed by atoms with Crippen molar-refractivity contribution in [2.24, 2.45) is 0 Å². The second-order valence-electron chi connectivity index (χ2n) is 8.39. The van der Waals surface area contributed by atoms with E-state index in [2.05, 4.69) is 90.9 Å². The summed E-state index contributed by atoms with van der Waals surface area (Å²) < 4.78 is 2.22. The van der Waals surface area contributed by atoms with Crippen molar-refractivity contribution < 1.29 is 4.79 Å². The number of carbonyl (C=O) groups is 1. The van der Waals surface area contributed by atoms with E-state index in [9.17, 15) is 4.79 Å². The number of rotatable bonds is 6. The predicted octanol–water partition coefficient (Wildman–Crippen LogP) is 7.68. The fraction of sp³-hybridized carbons (Fsp3) is 0.156. The summed E-state index contributed by atoms with van der Waals surface area (Å²) in [6.07, 6.45) is 2.11. The number of ketones is 1. The quantitative estimate of drug-likeness (QED) is 0.243. The molecule has 0 spiro atoms. The Morgan fingerprint density at radius 3 is 2.00 bits per heavy atom. The lowest BCUT2D eigenvalue weighted by molar-refractivity contribution is 0.103. The summed E-state index contributed by atoms with van der Waals surface area (Å²) in [5, 5.41) is 0. The maximum Gasteiger partial charge on any atom is 0.195 e. The van der Waals surface area contributed by atoms with Crippen LogP contribution in [0, 0.1) is 6.92 Å². The van der Waals surface area contributed by atoms with E-state index in [-0.39, 0.29) is 5.78 Å². The van der Waals surface area contributed by atoms with Gasteiger partial charge in [0.1, 0.15) is 0 Å². The van der Waals surface area contributed by atoms with Crippen LogP contribution in [0.3, 0.4) is 0 Å². The van der Waals surface area contributed by atoms with E-state index in [1.165, 1.54) is 22.3 Å². The number of anilines is 1. The monoisotopic (exact) mass is 460 g/mol. The van der Waals surface area contributed by atoms with E-state index in [1.807, 2.05) is 54.6 Å². The number of nitrogens with zero attached hydrogens (tertiary/aromatic N) is 2. The Hall–Kier alpha value is -4.11. The van der Waals surface area contributed by atoms with Gasteiger partial charge in [-0.2, -0.15) is 0 Å². The van der Waals surface area contributed by atoms with Crippen molar-refractivity contribution in [3.63, 3.8) is 0 Å². The van der Waals surface area contributed by atoms with Crippen molar-refractivity contribution >= 4 is 17.0 Å². The third-order valence-corrected chi connectivity index (χ3v) is 6.31. The van der Waals surface area contributed by atoms with Gasteiger partial charge in [0.2, 0.25) is 0 Å². The molecule has 0 aliphatic rings. The highest BCUT2D eigenvalue weighted by atomic mass is 16.1. The topological polar surface area (TPSA) is 24.7 Å². The van der Waals surface area contributed by atoms with Gasteiger partial charge >= 0.3 is 0 Å². The molecule has 35 heavy (non-hydrogen) atoms. The van der Waals surface area contributed by atoms with Gasteiger partial charge in [-0.15, -0.1) is 0 Å². The van der Waals surface area contributed by atoms with Crippen LogP contribution in [0.2, 0.25) is 0 Å². The van der Waals surface area contributed by atoms with Crippen LogP contribution in [-0.2, 0) is 0 Å². The molecular weight excluding hydrogens is 428 g/mol. The lowest BCUT2D eigenvalue weighted by Gasteiger charge is -2.23. The van der Waals surface area contributed by atoms with Crippen molar-refractivity contribution in [2.45, 2.75) is 20.8 Å². The Kier molecular flexibility index (Phi) is 7.79. The summed E-state index contributed by atoms with van der Waals surface area (Å²) in [5.41, 5.74) is 7.66. The third kappa shape index (κ3) is 5.36. The summed E-state index contributed by atoms with van der Waals surface area (Å²) >= 11 is 0. The molecule has 0 unspecified atom stereocenters. The van der Waals surface area contributed by atoms with Crippen molar-refractivity contribution in [1.29, 1.82) is 0 Å². The van der Waals surface area contributed by atoms with Gasteiger partial charge in [-0.1, -0.05) is 78.9 Å². The maximum atomic E-state index is 12.6. The Morgan fingerprint density at radius 2 is 1.34 bits per heavy atom. The number of hydrogen-bond donors (Lipinski definition) is 0. The first-order chi connectivity index (χ1) is 17.1. The molecule has 3 aromatic carbocycles. The number of pyridine rings is 1. The second kappa shape index (κ2) is 11.3. The molecule has 0 atom stereocenters. The zero-order valence-corrected chi connectivity index (χ0v) is 20.7. The van der Waals surface area contributed by atoms with Crippen LogP contribution in [0.1, 0.15) is 35.5 Å². The average molecular weight is 461 g/mol. The van der Waals surface area contributed by atoms with E-state index in [0.29, 0.717) is 0 Å². The van der Waals surface area contributed by atoms with Gasteiger partial charge in [-0.05, 0) is 56.7 Å². The zero-order valence-electron chi connectivity index (χ0n) is 20.7. The van der Waals surface area contributed by atoms with Gasteiger partial charge in [0.25, 0.3) is 0 Å². The maximum absolute atomic E-state index is 12.6. The van der Waals surface area contributed by atoms with Gasteiger partial charge in [0.05, 0.1) is 0 Å². The smallest absolute Gasteiger partial charge is 0.195 e. The van der Waals surface area contributed by atoms with Crippen molar-refractivity contribution in [3.8, 4) is 11.1 Å². The SMILES string of the molecule is CCN(CC)c1ccccc1C(=O)c1ccccc1.Cc1c(-c2ccccc2)cc2ccccn12. The first kappa shape index (κ1) is 24.0. The number of benzene rings is 3. The summed E-state index contributed by atoms with van der Waals surface area (Å²) in [6.45, 7) is 8.17. The lowest BCUT2D eigenvalue weighted by atomic mass is 10.0. The van der Waals surface area contributed by atoms with Crippen LogP contribution >= 0.6 is 0 Å². The molecule has 3 nitrogen and oxygen atoms in total. The second-order valence-corrected chi connectivity index (χ2v) is 8.39. The van der Waals surface area contributed by atoms with Crippen molar-refractivity contribution in [3.05, 3.63) is 132 Å². The molecule has 5 rings (SSSR count). The van der Waals surface area contributed by atoms with Crippen molar-refractivity contribution in [2.75, 3.05) is 18.0 Å². The normalized spacial score (nSPS) is 10.5. The Balaban J connectivity index is 0.000000167. The number of aryl methyl sites for hydroxylation is 1. The van der Waals surface area contributed by atoms with Crippen LogP contribution < -0.4 is 4.90 Å². The molecule has 0 saturated carbocycles. The van der Waals surface area contributed by atoms with Gasteiger partial charge in [0, 0.05) is 52.9 Å². The number of carbonyl (C=O) groups excluding carboxylic acids is 1. The average Bonchev–Trinajstić information content (AvgIpc) is 3.27. The van der Waals surface area contributed by atoms with Gasteiger partial charge < -0.3 is 9.30 Å². The summed E-state index contributed by atoms with van der Waals surface area (Å²) in [4.78, 5) is 14.8. The predicted molar refractivity (Wildman–Crippen MR) is 147 cm³/mol. The minimum atomic E-state index is 0.0862. The molecule has 5 aromatic rings. The highest BCUT2D eigenvalue weighted by Gasteiger charge is 2.15. The molecule has 0 N–H and O–H groups in total. The summed E-state index contributed by atoms with van der Waals surface area (Å²) in [6, 6.07) is 36.3. The largest absolute Gasteiger partial charge is 0.371 e. The molecule has 0 radical (unpaired) electrons. The molecule has 0 saturated heterocycles. The van der Waals surface area contributed by atoms with Gasteiger partial charge in [-0.3, -0.25) is 4.79 Å². The minimum Gasteiger partial charge on any atom is -0.371 e. The van der Waals surface area contributed by atoms with Crippen LogP contribution in [0.25, 0.3) is 16.6 Å². The Bertz CT molecular complexity index is 1380. The van der Waals surface area contributed by atoms with E-state index >= 15 is 0 Å². The zero-order chi connectivity index (χ0) is 24.6. The molecular formula is C32H32N2O. The molecule has 3 heteroatoms. The number of fused-ring (bicyclic) bond motifs is 1. The molecule has 0 bridgehead atoms. The molecule has 2 aromatic heterocycles. The highest BCUT2D eigenvalue weighted by Crippen LogP contribution is 2.27. The fourth-order valence-electron chi connectivity index (χ4n) is 4.42. The molecule has 0 aliphatic carbocycles. The third-order valence-electron chi connectivity index (χ3n) is 6.31. The number of hydrogen-bond acceptors (Lipinski definition) is 2. The van der Waals surface area contributed by atoms with E-state index in [1.54, 1.807) is 0 Å². The first-order valence-corrected chi connectivity index (χ1v) is 12.2.